The lowest BCUT2D eigenvalue weighted by Crippen LogP contribution is -2.31. The van der Waals surface area contributed by atoms with Crippen molar-refractivity contribution in [3.63, 3.8) is 0 Å². The Labute approximate surface area is 89.2 Å². The zero-order valence-electron chi connectivity index (χ0n) is 10.1. The topological polar surface area (TPSA) is 3.24 Å². The largest absolute Gasteiger partial charge is 0.306 e. The quantitative estimate of drug-likeness (QED) is 0.622. The van der Waals surface area contributed by atoms with Crippen LogP contribution >= 0.6 is 0 Å². The van der Waals surface area contributed by atoms with Gasteiger partial charge in [-0.05, 0) is 51.2 Å². The average Bonchev–Trinajstić information content (AvgIpc) is 2.18. The van der Waals surface area contributed by atoms with Crippen molar-refractivity contribution >= 4 is 0 Å². The van der Waals surface area contributed by atoms with Gasteiger partial charge in [0.2, 0.25) is 0 Å². The van der Waals surface area contributed by atoms with Crippen LogP contribution in [0.5, 0.6) is 0 Å². The minimum Gasteiger partial charge on any atom is -0.306 e. The zero-order valence-corrected chi connectivity index (χ0v) is 10.1. The van der Waals surface area contributed by atoms with Gasteiger partial charge in [0.1, 0.15) is 0 Å². The molecule has 14 heavy (non-hydrogen) atoms. The Hall–Kier alpha value is -0.300. The summed E-state index contributed by atoms with van der Waals surface area (Å²) in [6.45, 7) is 11.4. The van der Waals surface area contributed by atoms with Crippen LogP contribution in [0, 0.1) is 11.8 Å². The third-order valence-electron chi connectivity index (χ3n) is 3.60. The molecule has 1 unspecified atom stereocenters. The predicted molar refractivity (Wildman–Crippen MR) is 63.4 cm³/mol. The first-order valence-electron chi connectivity index (χ1n) is 6.02. The highest BCUT2D eigenvalue weighted by Crippen LogP contribution is 2.29. The van der Waals surface area contributed by atoms with Crippen molar-refractivity contribution in [3.8, 4) is 0 Å². The van der Waals surface area contributed by atoms with Crippen LogP contribution < -0.4 is 0 Å². The van der Waals surface area contributed by atoms with E-state index in [0.29, 0.717) is 0 Å². The fourth-order valence-electron chi connectivity index (χ4n) is 2.40. The molecule has 0 aliphatic carbocycles. The van der Waals surface area contributed by atoms with Gasteiger partial charge in [0.15, 0.2) is 0 Å². The summed E-state index contributed by atoms with van der Waals surface area (Å²) in [4.78, 5) is 2.42. The lowest BCUT2D eigenvalue weighted by atomic mass is 9.82. The van der Waals surface area contributed by atoms with Crippen molar-refractivity contribution < 1.29 is 0 Å². The SMILES string of the molecule is C=C(C(C)CCC)C1CCN(C)CC1. The molecule has 82 valence electrons. The van der Waals surface area contributed by atoms with E-state index < -0.39 is 0 Å². The van der Waals surface area contributed by atoms with Crippen LogP contribution in [0.4, 0.5) is 0 Å². The molecule has 1 aliphatic heterocycles. The van der Waals surface area contributed by atoms with E-state index in [1.165, 1.54) is 44.3 Å². The van der Waals surface area contributed by atoms with Gasteiger partial charge in [-0.15, -0.1) is 0 Å². The maximum absolute atomic E-state index is 4.30. The molecular weight excluding hydrogens is 170 g/mol. The molecule has 1 heterocycles. The highest BCUT2D eigenvalue weighted by Gasteiger charge is 2.21. The number of hydrogen-bond acceptors (Lipinski definition) is 1. The lowest BCUT2D eigenvalue weighted by Gasteiger charge is -2.32. The van der Waals surface area contributed by atoms with Gasteiger partial charge in [-0.25, -0.2) is 0 Å². The molecule has 1 atom stereocenters. The first-order chi connectivity index (χ1) is 6.65. The van der Waals surface area contributed by atoms with Crippen LogP contribution in [0.2, 0.25) is 0 Å². The first kappa shape index (κ1) is 11.8. The van der Waals surface area contributed by atoms with Crippen LogP contribution in [-0.2, 0) is 0 Å². The number of likely N-dealkylation sites (tertiary alicyclic amines) is 1. The van der Waals surface area contributed by atoms with Crippen LogP contribution in [0.25, 0.3) is 0 Å². The van der Waals surface area contributed by atoms with Gasteiger partial charge < -0.3 is 4.90 Å². The molecule has 0 aromatic heterocycles. The van der Waals surface area contributed by atoms with Gasteiger partial charge in [0.05, 0.1) is 0 Å². The zero-order chi connectivity index (χ0) is 10.6. The fourth-order valence-corrected chi connectivity index (χ4v) is 2.40. The molecule has 1 fully saturated rings. The highest BCUT2D eigenvalue weighted by molar-refractivity contribution is 5.05. The standard InChI is InChI=1S/C13H25N/c1-5-6-11(2)12(3)13-7-9-14(4)10-8-13/h11,13H,3,5-10H2,1-2,4H3. The van der Waals surface area contributed by atoms with Crippen molar-refractivity contribution in [1.29, 1.82) is 0 Å². The Kier molecular flexibility index (Phi) is 4.67. The van der Waals surface area contributed by atoms with Crippen molar-refractivity contribution in [3.05, 3.63) is 12.2 Å². The summed E-state index contributed by atoms with van der Waals surface area (Å²) in [5.74, 6) is 1.53. The number of allylic oxidation sites excluding steroid dienone is 1. The van der Waals surface area contributed by atoms with E-state index in [2.05, 4.69) is 32.4 Å². The molecule has 1 aliphatic rings. The van der Waals surface area contributed by atoms with Gasteiger partial charge in [0, 0.05) is 0 Å². The minimum absolute atomic E-state index is 0.730. The molecule has 0 radical (unpaired) electrons. The number of hydrogen-bond donors (Lipinski definition) is 0. The Morgan fingerprint density at radius 3 is 2.50 bits per heavy atom. The molecule has 0 N–H and O–H groups in total. The molecule has 0 bridgehead atoms. The molecule has 0 aromatic rings. The third kappa shape index (κ3) is 3.13. The second kappa shape index (κ2) is 5.55. The number of piperidine rings is 1. The molecule has 0 aromatic carbocycles. The first-order valence-corrected chi connectivity index (χ1v) is 6.02. The lowest BCUT2D eigenvalue weighted by molar-refractivity contribution is 0.230. The van der Waals surface area contributed by atoms with E-state index in [4.69, 9.17) is 0 Å². The summed E-state index contributed by atoms with van der Waals surface area (Å²) in [6.07, 6.45) is 5.24. The second-order valence-corrected chi connectivity index (χ2v) is 4.84. The van der Waals surface area contributed by atoms with Gasteiger partial charge in [-0.1, -0.05) is 32.4 Å². The molecule has 1 nitrogen and oxygen atoms in total. The Morgan fingerprint density at radius 2 is 2.00 bits per heavy atom. The molecule has 0 amide bonds. The summed E-state index contributed by atoms with van der Waals surface area (Å²) in [6, 6.07) is 0. The number of nitrogens with zero attached hydrogens (tertiary/aromatic N) is 1. The van der Waals surface area contributed by atoms with Gasteiger partial charge in [-0.2, -0.15) is 0 Å². The molecule has 0 saturated carbocycles. The molecule has 1 heteroatoms. The Bertz CT molecular complexity index is 178. The fraction of sp³-hybridized carbons (Fsp3) is 0.846. The molecule has 1 rings (SSSR count). The summed E-state index contributed by atoms with van der Waals surface area (Å²) in [7, 11) is 2.22. The van der Waals surface area contributed by atoms with E-state index in [0.717, 1.165) is 11.8 Å². The van der Waals surface area contributed by atoms with E-state index >= 15 is 0 Å². The van der Waals surface area contributed by atoms with E-state index in [1.807, 2.05) is 0 Å². The van der Waals surface area contributed by atoms with Crippen molar-refractivity contribution in [2.24, 2.45) is 11.8 Å². The maximum Gasteiger partial charge on any atom is -0.00161 e. The summed E-state index contributed by atoms with van der Waals surface area (Å²) >= 11 is 0. The monoisotopic (exact) mass is 195 g/mol. The Morgan fingerprint density at radius 1 is 1.43 bits per heavy atom. The van der Waals surface area contributed by atoms with Crippen LogP contribution in [0.1, 0.15) is 39.5 Å². The van der Waals surface area contributed by atoms with Crippen LogP contribution in [0.3, 0.4) is 0 Å². The molecule has 1 saturated heterocycles. The van der Waals surface area contributed by atoms with E-state index in [1.54, 1.807) is 0 Å². The van der Waals surface area contributed by atoms with Crippen molar-refractivity contribution in [2.45, 2.75) is 39.5 Å². The Balaban J connectivity index is 2.37. The molecular formula is C13H25N. The van der Waals surface area contributed by atoms with Gasteiger partial charge >= 0.3 is 0 Å². The van der Waals surface area contributed by atoms with Crippen molar-refractivity contribution in [2.75, 3.05) is 20.1 Å². The smallest absolute Gasteiger partial charge is 0.00161 e. The number of rotatable bonds is 4. The van der Waals surface area contributed by atoms with E-state index in [-0.39, 0.29) is 0 Å². The van der Waals surface area contributed by atoms with Crippen LogP contribution in [0.15, 0.2) is 12.2 Å². The summed E-state index contributed by atoms with van der Waals surface area (Å²) < 4.78 is 0. The predicted octanol–water partition coefficient (Wildman–Crippen LogP) is 3.32. The summed E-state index contributed by atoms with van der Waals surface area (Å²) in [5, 5.41) is 0. The minimum atomic E-state index is 0.730. The maximum atomic E-state index is 4.30. The highest BCUT2D eigenvalue weighted by atomic mass is 15.1. The van der Waals surface area contributed by atoms with Crippen LogP contribution in [-0.4, -0.2) is 25.0 Å². The van der Waals surface area contributed by atoms with Crippen molar-refractivity contribution in [1.82, 2.24) is 4.90 Å². The normalized spacial score (nSPS) is 22.2. The average molecular weight is 195 g/mol. The van der Waals surface area contributed by atoms with Gasteiger partial charge in [0.25, 0.3) is 0 Å². The summed E-state index contributed by atoms with van der Waals surface area (Å²) in [5.41, 5.74) is 1.51. The molecule has 0 spiro atoms. The van der Waals surface area contributed by atoms with Gasteiger partial charge in [-0.3, -0.25) is 0 Å². The van der Waals surface area contributed by atoms with E-state index in [9.17, 15) is 0 Å². The second-order valence-electron chi connectivity index (χ2n) is 4.84. The third-order valence-corrected chi connectivity index (χ3v) is 3.60.